The largest absolute Gasteiger partial charge is 0.465 e. The van der Waals surface area contributed by atoms with Gasteiger partial charge < -0.3 is 4.74 Å². The van der Waals surface area contributed by atoms with Crippen LogP contribution in [0.4, 0.5) is 0 Å². The second-order valence-corrected chi connectivity index (χ2v) is 5.69. The highest BCUT2D eigenvalue weighted by Gasteiger charge is 2.10. The maximum Gasteiger partial charge on any atom is 0.350 e. The molecule has 8 nitrogen and oxygen atoms in total. The summed E-state index contributed by atoms with van der Waals surface area (Å²) in [5, 5.41) is 13.2. The van der Waals surface area contributed by atoms with E-state index in [4.69, 9.17) is 5.26 Å². The molecule has 3 aromatic rings. The summed E-state index contributed by atoms with van der Waals surface area (Å²) in [5.41, 5.74) is 1.43. The summed E-state index contributed by atoms with van der Waals surface area (Å²) in [5.74, 6) is 0.145. The van der Waals surface area contributed by atoms with E-state index in [9.17, 15) is 9.59 Å². The summed E-state index contributed by atoms with van der Waals surface area (Å²) >= 11 is 1.31. The highest BCUT2D eigenvalue weighted by Crippen LogP contribution is 2.19. The van der Waals surface area contributed by atoms with Crippen LogP contribution in [0.1, 0.15) is 21.5 Å². The van der Waals surface area contributed by atoms with Gasteiger partial charge in [-0.15, -0.1) is 0 Å². The van der Waals surface area contributed by atoms with Crippen molar-refractivity contribution in [2.24, 2.45) is 0 Å². The SMILES string of the molecule is COC(=O)c1ccc(CSc2nc3c(C#N)cnn3c(=O)[nH]2)cc1. The molecule has 3 rings (SSSR count). The number of H-pyrrole nitrogens is 1. The van der Waals surface area contributed by atoms with E-state index in [1.165, 1.54) is 25.1 Å². The lowest BCUT2D eigenvalue weighted by molar-refractivity contribution is 0.0600. The van der Waals surface area contributed by atoms with Crippen LogP contribution in [0, 0.1) is 11.3 Å². The van der Waals surface area contributed by atoms with Crippen molar-refractivity contribution in [2.45, 2.75) is 10.9 Å². The van der Waals surface area contributed by atoms with Gasteiger partial charge in [0.1, 0.15) is 11.6 Å². The number of aromatic amines is 1. The quantitative estimate of drug-likeness (QED) is 0.563. The number of hydrogen-bond acceptors (Lipinski definition) is 7. The van der Waals surface area contributed by atoms with Gasteiger partial charge >= 0.3 is 11.7 Å². The molecule has 0 radical (unpaired) electrons. The Kier molecular flexibility index (Phi) is 4.31. The minimum absolute atomic E-state index is 0.227. The topological polar surface area (TPSA) is 113 Å². The number of esters is 1. The molecule has 0 saturated heterocycles. The average Bonchev–Trinajstić information content (AvgIpc) is 3.03. The van der Waals surface area contributed by atoms with Gasteiger partial charge in [-0.2, -0.15) is 14.9 Å². The number of methoxy groups -OCH3 is 1. The van der Waals surface area contributed by atoms with Gasteiger partial charge in [0, 0.05) is 5.75 Å². The Balaban J connectivity index is 1.79. The number of hydrogen-bond donors (Lipinski definition) is 1. The van der Waals surface area contributed by atoms with E-state index < -0.39 is 11.7 Å². The first-order valence-electron chi connectivity index (χ1n) is 6.80. The van der Waals surface area contributed by atoms with Gasteiger partial charge in [-0.3, -0.25) is 4.98 Å². The molecule has 9 heteroatoms. The second-order valence-electron chi connectivity index (χ2n) is 4.73. The zero-order valence-corrected chi connectivity index (χ0v) is 13.3. The minimum Gasteiger partial charge on any atom is -0.465 e. The molecule has 2 aromatic heterocycles. The number of carbonyl (C=O) groups is 1. The number of benzene rings is 1. The third-order valence-electron chi connectivity index (χ3n) is 3.23. The van der Waals surface area contributed by atoms with E-state index in [2.05, 4.69) is 19.8 Å². The number of rotatable bonds is 4. The van der Waals surface area contributed by atoms with Crippen LogP contribution in [0.2, 0.25) is 0 Å². The molecule has 0 aliphatic carbocycles. The Morgan fingerprint density at radius 1 is 1.42 bits per heavy atom. The number of nitriles is 1. The van der Waals surface area contributed by atoms with E-state index >= 15 is 0 Å². The van der Waals surface area contributed by atoms with Gasteiger partial charge in [0.15, 0.2) is 10.8 Å². The average molecular weight is 341 g/mol. The summed E-state index contributed by atoms with van der Waals surface area (Å²) in [6.45, 7) is 0. The molecule has 120 valence electrons. The first kappa shape index (κ1) is 15.8. The molecule has 0 spiro atoms. The predicted octanol–water partition coefficient (Wildman–Crippen LogP) is 1.37. The van der Waals surface area contributed by atoms with Crippen molar-refractivity contribution in [1.29, 1.82) is 5.26 Å². The van der Waals surface area contributed by atoms with Gasteiger partial charge in [-0.1, -0.05) is 23.9 Å². The van der Waals surface area contributed by atoms with E-state index in [0.717, 1.165) is 10.1 Å². The van der Waals surface area contributed by atoms with Crippen LogP contribution in [0.5, 0.6) is 0 Å². The van der Waals surface area contributed by atoms with Crippen molar-refractivity contribution in [2.75, 3.05) is 7.11 Å². The second kappa shape index (κ2) is 6.55. The fraction of sp³-hybridized carbons (Fsp3) is 0.133. The molecule has 0 saturated carbocycles. The maximum absolute atomic E-state index is 11.9. The smallest absolute Gasteiger partial charge is 0.350 e. The van der Waals surface area contributed by atoms with Crippen molar-refractivity contribution in [3.8, 4) is 6.07 Å². The number of nitrogens with one attached hydrogen (secondary N) is 1. The summed E-state index contributed by atoms with van der Waals surface area (Å²) in [4.78, 5) is 30.2. The van der Waals surface area contributed by atoms with Gasteiger partial charge in [0.05, 0.1) is 18.9 Å². The number of carbonyl (C=O) groups excluding carboxylic acids is 1. The highest BCUT2D eigenvalue weighted by atomic mass is 32.2. The number of ether oxygens (including phenoxy) is 1. The molecular formula is C15H11N5O3S. The lowest BCUT2D eigenvalue weighted by Gasteiger charge is -2.03. The third-order valence-corrected chi connectivity index (χ3v) is 4.17. The Labute approximate surface area is 140 Å². The number of fused-ring (bicyclic) bond motifs is 1. The van der Waals surface area contributed by atoms with Crippen LogP contribution in [-0.2, 0) is 10.5 Å². The van der Waals surface area contributed by atoms with E-state index in [-0.39, 0.29) is 11.2 Å². The molecule has 0 fully saturated rings. The molecule has 0 aliphatic heterocycles. The molecule has 24 heavy (non-hydrogen) atoms. The van der Waals surface area contributed by atoms with E-state index in [0.29, 0.717) is 16.5 Å². The monoisotopic (exact) mass is 341 g/mol. The normalized spacial score (nSPS) is 10.5. The van der Waals surface area contributed by atoms with Gasteiger partial charge in [-0.05, 0) is 17.7 Å². The highest BCUT2D eigenvalue weighted by molar-refractivity contribution is 7.98. The first-order chi connectivity index (χ1) is 11.6. The van der Waals surface area contributed by atoms with Crippen molar-refractivity contribution in [1.82, 2.24) is 19.6 Å². The van der Waals surface area contributed by atoms with Crippen molar-refractivity contribution >= 4 is 23.4 Å². The summed E-state index contributed by atoms with van der Waals surface area (Å²) in [6, 6.07) is 8.90. The summed E-state index contributed by atoms with van der Waals surface area (Å²) in [6.07, 6.45) is 1.30. The van der Waals surface area contributed by atoms with E-state index in [1.807, 2.05) is 6.07 Å². The lowest BCUT2D eigenvalue weighted by atomic mass is 10.1. The summed E-state index contributed by atoms with van der Waals surface area (Å²) in [7, 11) is 1.33. The van der Waals surface area contributed by atoms with Crippen LogP contribution in [0.3, 0.4) is 0 Å². The van der Waals surface area contributed by atoms with Crippen LogP contribution in [0.25, 0.3) is 5.65 Å². The standard InChI is InChI=1S/C15H11N5O3S/c1-23-13(21)10-4-2-9(3-5-10)8-24-14-18-12-11(6-16)7-17-20(12)15(22)19-14/h2-5,7H,8H2,1H3,(H,18,19,22). The zero-order valence-electron chi connectivity index (χ0n) is 12.5. The number of aromatic nitrogens is 4. The fourth-order valence-corrected chi connectivity index (χ4v) is 2.83. The minimum atomic E-state index is -0.454. The number of nitrogens with zero attached hydrogens (tertiary/aromatic N) is 4. The third kappa shape index (κ3) is 3.00. The Bertz CT molecular complexity index is 1000. The molecule has 0 unspecified atom stereocenters. The van der Waals surface area contributed by atoms with Crippen molar-refractivity contribution in [3.63, 3.8) is 0 Å². The molecule has 1 N–H and O–H groups in total. The molecule has 0 bridgehead atoms. The van der Waals surface area contributed by atoms with Gasteiger partial charge in [0.2, 0.25) is 0 Å². The lowest BCUT2D eigenvalue weighted by Crippen LogP contribution is -2.19. The van der Waals surface area contributed by atoms with Crippen LogP contribution in [-0.4, -0.2) is 32.7 Å². The number of thioether (sulfide) groups is 1. The molecule has 1 aromatic carbocycles. The fourth-order valence-electron chi connectivity index (χ4n) is 2.02. The first-order valence-corrected chi connectivity index (χ1v) is 7.79. The molecular weight excluding hydrogens is 330 g/mol. The van der Waals surface area contributed by atoms with Crippen molar-refractivity contribution in [3.05, 3.63) is 57.6 Å². The Morgan fingerprint density at radius 3 is 2.83 bits per heavy atom. The van der Waals surface area contributed by atoms with Gasteiger partial charge in [0.25, 0.3) is 0 Å². The Morgan fingerprint density at radius 2 is 2.17 bits per heavy atom. The van der Waals surface area contributed by atoms with Crippen LogP contribution >= 0.6 is 11.8 Å². The zero-order chi connectivity index (χ0) is 17.1. The molecule has 0 atom stereocenters. The maximum atomic E-state index is 11.9. The Hall–Kier alpha value is -3.12. The van der Waals surface area contributed by atoms with Gasteiger partial charge in [-0.25, -0.2) is 14.6 Å². The van der Waals surface area contributed by atoms with E-state index in [1.54, 1.807) is 24.3 Å². The molecule has 0 amide bonds. The van der Waals surface area contributed by atoms with Crippen molar-refractivity contribution < 1.29 is 9.53 Å². The predicted molar refractivity (Wildman–Crippen MR) is 85.7 cm³/mol. The summed E-state index contributed by atoms with van der Waals surface area (Å²) < 4.78 is 5.69. The molecule has 0 aliphatic rings. The molecule has 2 heterocycles. The van der Waals surface area contributed by atoms with Crippen LogP contribution in [0.15, 0.2) is 40.4 Å². The van der Waals surface area contributed by atoms with Crippen LogP contribution < -0.4 is 5.69 Å².